The predicted molar refractivity (Wildman–Crippen MR) is 111 cm³/mol. The Labute approximate surface area is 174 Å². The van der Waals surface area contributed by atoms with Crippen LogP contribution in [-0.4, -0.2) is 3.81 Å². The third-order valence-corrected chi connectivity index (χ3v) is 4.47. The first-order valence-corrected chi connectivity index (χ1v) is 8.84. The second-order valence-corrected chi connectivity index (χ2v) is 8.16. The van der Waals surface area contributed by atoms with Gasteiger partial charge >= 0.3 is 37.6 Å². The van der Waals surface area contributed by atoms with Crippen LogP contribution < -0.4 is 0 Å². The predicted octanol–water partition coefficient (Wildman–Crippen LogP) is 7.03. The Bertz CT molecular complexity index is 500. The summed E-state index contributed by atoms with van der Waals surface area (Å²) in [5.41, 5.74) is 8.49. The van der Waals surface area contributed by atoms with Gasteiger partial charge in [-0.1, -0.05) is 53.4 Å². The van der Waals surface area contributed by atoms with Crippen LogP contribution in [0, 0.1) is 24.0 Å². The van der Waals surface area contributed by atoms with Crippen LogP contribution in [0.3, 0.4) is 0 Å². The van der Waals surface area contributed by atoms with E-state index in [2.05, 4.69) is 101 Å². The van der Waals surface area contributed by atoms with Crippen molar-refractivity contribution < 1.29 is 20.0 Å². The Balaban J connectivity index is -0.000000283. The molecule has 0 spiro atoms. The van der Waals surface area contributed by atoms with Crippen molar-refractivity contribution in [1.29, 1.82) is 0 Å². The van der Waals surface area contributed by atoms with Crippen molar-refractivity contribution >= 4 is 28.6 Å². The topological polar surface area (TPSA) is 0 Å². The van der Waals surface area contributed by atoms with Gasteiger partial charge < -0.3 is 0 Å². The summed E-state index contributed by atoms with van der Waals surface area (Å²) in [5, 5.41) is 0. The van der Waals surface area contributed by atoms with Gasteiger partial charge in [0, 0.05) is 0 Å². The average molecular weight is 405 g/mol. The minimum absolute atomic E-state index is 0. The number of allylic oxidation sites excluding steroid dienone is 8. The summed E-state index contributed by atoms with van der Waals surface area (Å²) >= 11 is 2.08. The van der Waals surface area contributed by atoms with Gasteiger partial charge in [0.1, 0.15) is 0 Å². The first-order chi connectivity index (χ1) is 9.98. The zero-order chi connectivity index (χ0) is 17.6. The van der Waals surface area contributed by atoms with Crippen LogP contribution in [0.25, 0.3) is 0 Å². The Morgan fingerprint density at radius 2 is 0.917 bits per heavy atom. The number of halogens is 2. The van der Waals surface area contributed by atoms with Crippen LogP contribution in [0.2, 0.25) is 0 Å². The van der Waals surface area contributed by atoms with Gasteiger partial charge in [-0.05, 0) is 0 Å². The van der Waals surface area contributed by atoms with Gasteiger partial charge in [0.2, 0.25) is 0 Å². The second-order valence-electron chi connectivity index (χ2n) is 6.60. The normalized spacial score (nSPS) is 21.5. The molecule has 2 aliphatic rings. The summed E-state index contributed by atoms with van der Waals surface area (Å²) in [6.07, 6.45) is 6.72. The Morgan fingerprint density at radius 3 is 0.958 bits per heavy atom. The van der Waals surface area contributed by atoms with E-state index in [9.17, 15) is 0 Å². The Morgan fingerprint density at radius 1 is 0.708 bits per heavy atom. The van der Waals surface area contributed by atoms with E-state index in [1.165, 1.54) is 37.3 Å². The minimum atomic E-state index is 0. The van der Waals surface area contributed by atoms with Crippen molar-refractivity contribution in [3.63, 3.8) is 0 Å². The summed E-state index contributed by atoms with van der Waals surface area (Å²) in [6.45, 7) is 21.5. The summed E-state index contributed by atoms with van der Waals surface area (Å²) in [7, 11) is 0. The zero-order valence-corrected chi connectivity index (χ0v) is 20.2. The van der Waals surface area contributed by atoms with Gasteiger partial charge in [0.25, 0.3) is 0 Å². The standard InChI is InChI=1S/2C9H13.C3H6.2ClH.Ti/c2*1-6-5-7(2)9(4)8(6)3;1-3-2;;;/h2*6H,1-4H3;1-2H3;2*1H;/q2*-1;;;;+2. The van der Waals surface area contributed by atoms with E-state index in [0.717, 1.165) is 0 Å². The third kappa shape index (κ3) is 9.57. The summed E-state index contributed by atoms with van der Waals surface area (Å²) in [5.74, 6) is 1.12. The fourth-order valence-corrected chi connectivity index (χ4v) is 2.32. The van der Waals surface area contributed by atoms with E-state index >= 15 is 0 Å². The Kier molecular flexibility index (Phi) is 16.1. The molecule has 136 valence electrons. The van der Waals surface area contributed by atoms with Crippen LogP contribution in [0.4, 0.5) is 0 Å². The maximum absolute atomic E-state index is 3.36. The molecule has 0 nitrogen and oxygen atoms in total. The van der Waals surface area contributed by atoms with E-state index in [4.69, 9.17) is 0 Å². The van der Waals surface area contributed by atoms with E-state index < -0.39 is 0 Å². The third-order valence-electron chi connectivity index (χ3n) is 4.47. The summed E-state index contributed by atoms with van der Waals surface area (Å²) < 4.78 is 1.42. The Hall–Kier alpha value is 0.124. The second kappa shape index (κ2) is 13.3. The van der Waals surface area contributed by atoms with Gasteiger partial charge in [-0.2, -0.15) is 22.3 Å². The molecule has 0 heterocycles. The number of hydrogen-bond donors (Lipinski definition) is 0. The molecular weight excluding hydrogens is 371 g/mol. The molecule has 2 aliphatic carbocycles. The first-order valence-electron chi connectivity index (χ1n) is 8.06. The maximum Gasteiger partial charge on any atom is -0.147 e. The van der Waals surface area contributed by atoms with E-state index in [1.807, 2.05) is 0 Å². The van der Waals surface area contributed by atoms with Gasteiger partial charge in [-0.3, -0.25) is 12.2 Å². The van der Waals surface area contributed by atoms with Crippen molar-refractivity contribution in [3.8, 4) is 0 Å². The van der Waals surface area contributed by atoms with Gasteiger partial charge in [0.15, 0.2) is 0 Å². The van der Waals surface area contributed by atoms with E-state index in [-0.39, 0.29) is 24.8 Å². The fourth-order valence-electron chi connectivity index (χ4n) is 2.32. The van der Waals surface area contributed by atoms with Crippen LogP contribution in [0.5, 0.6) is 0 Å². The van der Waals surface area contributed by atoms with Gasteiger partial charge in [-0.15, -0.1) is 38.7 Å². The quantitative estimate of drug-likeness (QED) is 0.300. The van der Waals surface area contributed by atoms with Crippen LogP contribution in [-0.2, 0) is 20.0 Å². The van der Waals surface area contributed by atoms with Crippen molar-refractivity contribution in [1.82, 2.24) is 0 Å². The molecule has 24 heavy (non-hydrogen) atoms. The molecule has 0 aliphatic heterocycles. The molecule has 0 aromatic rings. The zero-order valence-electron chi connectivity index (χ0n) is 17.0. The molecule has 0 radical (unpaired) electrons. The molecule has 0 aromatic carbocycles. The molecule has 0 saturated heterocycles. The first kappa shape index (κ1) is 28.9. The maximum atomic E-state index is 3.36. The summed E-state index contributed by atoms with van der Waals surface area (Å²) in [4.78, 5) is 0. The van der Waals surface area contributed by atoms with Crippen molar-refractivity contribution in [2.45, 2.75) is 69.2 Å². The molecule has 2 unspecified atom stereocenters. The SMILES string of the molecule is CC1=[C-]C(C)C(C)=C1C.CC1=[C-]C(C)C(C)=C1C.C[C](C)=[Ti+2].Cl.Cl. The monoisotopic (exact) mass is 404 g/mol. The van der Waals surface area contributed by atoms with Crippen LogP contribution in [0.1, 0.15) is 69.2 Å². The number of rotatable bonds is 0. The van der Waals surface area contributed by atoms with Crippen molar-refractivity contribution in [3.05, 3.63) is 45.6 Å². The fraction of sp³-hybridized carbons (Fsp3) is 0.571. The largest absolute Gasteiger partial charge is 0.147 e. The van der Waals surface area contributed by atoms with E-state index in [0.29, 0.717) is 11.8 Å². The molecule has 0 fully saturated rings. The molecule has 2 atom stereocenters. The minimum Gasteiger partial charge on any atom is -0.147 e. The molecule has 2 rings (SSSR count). The molecule has 0 aromatic heterocycles. The van der Waals surface area contributed by atoms with Crippen molar-refractivity contribution in [2.75, 3.05) is 0 Å². The smallest absolute Gasteiger partial charge is 0.147 e. The van der Waals surface area contributed by atoms with E-state index in [1.54, 1.807) is 0 Å². The van der Waals surface area contributed by atoms with Crippen molar-refractivity contribution in [2.24, 2.45) is 11.8 Å². The van der Waals surface area contributed by atoms with Crippen LogP contribution >= 0.6 is 24.8 Å². The molecule has 0 amide bonds. The molecule has 0 bridgehead atoms. The molecule has 0 saturated carbocycles. The van der Waals surface area contributed by atoms with Gasteiger partial charge in [0.05, 0.1) is 0 Å². The summed E-state index contributed by atoms with van der Waals surface area (Å²) in [6, 6.07) is 0. The number of hydrogen-bond acceptors (Lipinski definition) is 0. The van der Waals surface area contributed by atoms with Gasteiger partial charge in [-0.25, -0.2) is 11.1 Å². The average Bonchev–Trinajstić information content (AvgIpc) is 2.75. The molecule has 0 N–H and O–H groups in total. The van der Waals surface area contributed by atoms with Crippen LogP contribution in [0.15, 0.2) is 33.4 Å². The molecule has 3 heteroatoms. The molecular formula is C21H34Cl2Ti.